The number of esters is 1. The van der Waals surface area contributed by atoms with Gasteiger partial charge in [-0.05, 0) is 30.3 Å². The molecule has 2 rings (SSSR count). The van der Waals surface area contributed by atoms with Crippen LogP contribution in [0, 0.1) is 0 Å². The number of hydrogen-bond acceptors (Lipinski definition) is 7. The molecule has 0 saturated carbocycles. The van der Waals surface area contributed by atoms with Gasteiger partial charge in [0.1, 0.15) is 24.5 Å². The van der Waals surface area contributed by atoms with Gasteiger partial charge in [0, 0.05) is 5.56 Å². The highest BCUT2D eigenvalue weighted by Gasteiger charge is 2.13. The van der Waals surface area contributed by atoms with Gasteiger partial charge in [-0.3, -0.25) is 0 Å². The molecule has 1 N–H and O–H groups in total. The number of ether oxygens (including phenoxy) is 4. The zero-order valence-electron chi connectivity index (χ0n) is 14.0. The highest BCUT2D eigenvalue weighted by atomic mass is 16.6. The highest BCUT2D eigenvalue weighted by molar-refractivity contribution is 5.92. The third kappa shape index (κ3) is 4.87. The normalized spacial score (nSPS) is 10.5. The van der Waals surface area contributed by atoms with Gasteiger partial charge in [-0.1, -0.05) is 17.3 Å². The van der Waals surface area contributed by atoms with Crippen molar-refractivity contribution in [2.45, 2.75) is 0 Å². The van der Waals surface area contributed by atoms with Gasteiger partial charge in [-0.15, -0.1) is 0 Å². The molecule has 0 aliphatic carbocycles. The summed E-state index contributed by atoms with van der Waals surface area (Å²) in [7, 11) is 3.00. The summed E-state index contributed by atoms with van der Waals surface area (Å²) in [6.45, 7) is 0.227. The van der Waals surface area contributed by atoms with Crippen molar-refractivity contribution in [3.05, 3.63) is 53.6 Å². The number of para-hydroxylation sites is 1. The molecule has 0 bridgehead atoms. The molecule has 0 aliphatic heterocycles. The van der Waals surface area contributed by atoms with E-state index in [2.05, 4.69) is 5.16 Å². The number of carbonyl (C=O) groups excluding carboxylic acids is 1. The average molecular weight is 345 g/mol. The zero-order valence-corrected chi connectivity index (χ0v) is 14.0. The van der Waals surface area contributed by atoms with E-state index in [1.165, 1.54) is 20.4 Å². The van der Waals surface area contributed by atoms with Crippen LogP contribution in [-0.4, -0.2) is 44.8 Å². The van der Waals surface area contributed by atoms with E-state index in [1.807, 2.05) is 0 Å². The molecule has 0 spiro atoms. The maximum absolute atomic E-state index is 12.1. The number of rotatable bonds is 8. The minimum absolute atomic E-state index is 0.0693. The second-order valence-corrected chi connectivity index (χ2v) is 4.84. The number of oxime groups is 1. The lowest BCUT2D eigenvalue weighted by Crippen LogP contribution is -2.13. The predicted molar refractivity (Wildman–Crippen MR) is 91.1 cm³/mol. The number of hydrogen-bond donors (Lipinski definition) is 1. The topological polar surface area (TPSA) is 86.6 Å². The molecular formula is C18H19NO6. The van der Waals surface area contributed by atoms with Gasteiger partial charge in [-0.2, -0.15) is 0 Å². The van der Waals surface area contributed by atoms with E-state index in [0.29, 0.717) is 28.4 Å². The van der Waals surface area contributed by atoms with Crippen LogP contribution < -0.4 is 14.2 Å². The van der Waals surface area contributed by atoms with Crippen LogP contribution in [0.15, 0.2) is 47.6 Å². The van der Waals surface area contributed by atoms with Crippen LogP contribution in [0.4, 0.5) is 0 Å². The maximum Gasteiger partial charge on any atom is 0.342 e. The van der Waals surface area contributed by atoms with E-state index in [0.717, 1.165) is 0 Å². The minimum atomic E-state index is -0.484. The molecule has 0 heterocycles. The van der Waals surface area contributed by atoms with Crippen LogP contribution in [-0.2, 0) is 4.74 Å². The Bertz CT molecular complexity index is 744. The molecule has 2 aromatic rings. The fourth-order valence-electron chi connectivity index (χ4n) is 2.13. The van der Waals surface area contributed by atoms with E-state index in [9.17, 15) is 4.79 Å². The Balaban J connectivity index is 1.89. The van der Waals surface area contributed by atoms with E-state index in [-0.39, 0.29) is 13.2 Å². The number of carbonyl (C=O) groups is 1. The molecule has 2 aromatic carbocycles. The number of methoxy groups -OCH3 is 2. The van der Waals surface area contributed by atoms with Crippen molar-refractivity contribution in [1.82, 2.24) is 0 Å². The summed E-state index contributed by atoms with van der Waals surface area (Å²) in [5, 5.41) is 11.5. The van der Waals surface area contributed by atoms with E-state index in [4.69, 9.17) is 24.2 Å². The lowest BCUT2D eigenvalue weighted by molar-refractivity contribution is 0.0445. The second kappa shape index (κ2) is 9.17. The van der Waals surface area contributed by atoms with Crippen LogP contribution in [0.5, 0.6) is 17.2 Å². The van der Waals surface area contributed by atoms with Crippen LogP contribution in [0.1, 0.15) is 15.9 Å². The van der Waals surface area contributed by atoms with Gasteiger partial charge in [0.05, 0.1) is 20.4 Å². The van der Waals surface area contributed by atoms with E-state index in [1.54, 1.807) is 42.5 Å². The molecule has 0 atom stereocenters. The van der Waals surface area contributed by atoms with Crippen LogP contribution in [0.2, 0.25) is 0 Å². The van der Waals surface area contributed by atoms with Crippen molar-refractivity contribution < 1.29 is 28.9 Å². The first-order valence-electron chi connectivity index (χ1n) is 7.48. The lowest BCUT2D eigenvalue weighted by atomic mass is 10.2. The van der Waals surface area contributed by atoms with Gasteiger partial charge < -0.3 is 24.2 Å². The van der Waals surface area contributed by atoms with Crippen molar-refractivity contribution >= 4 is 12.2 Å². The quantitative estimate of drug-likeness (QED) is 0.260. The second-order valence-electron chi connectivity index (χ2n) is 4.84. The van der Waals surface area contributed by atoms with Crippen LogP contribution in [0.3, 0.4) is 0 Å². The Morgan fingerprint density at radius 1 is 1.04 bits per heavy atom. The first-order valence-corrected chi connectivity index (χ1v) is 7.48. The van der Waals surface area contributed by atoms with Crippen molar-refractivity contribution in [3.63, 3.8) is 0 Å². The fourth-order valence-corrected chi connectivity index (χ4v) is 2.13. The number of nitrogens with zero attached hydrogens (tertiary/aromatic N) is 1. The number of benzene rings is 2. The summed E-state index contributed by atoms with van der Waals surface area (Å²) < 4.78 is 21.1. The predicted octanol–water partition coefficient (Wildman–Crippen LogP) is 2.75. The van der Waals surface area contributed by atoms with Crippen LogP contribution in [0.25, 0.3) is 0 Å². The molecule has 0 amide bonds. The molecule has 132 valence electrons. The maximum atomic E-state index is 12.1. The van der Waals surface area contributed by atoms with E-state index >= 15 is 0 Å². The average Bonchev–Trinajstić information content (AvgIpc) is 2.65. The highest BCUT2D eigenvalue weighted by Crippen LogP contribution is 2.27. The van der Waals surface area contributed by atoms with Crippen LogP contribution >= 0.6 is 0 Å². The molecular weight excluding hydrogens is 326 g/mol. The molecule has 0 aromatic heterocycles. The molecule has 7 heteroatoms. The molecule has 0 fully saturated rings. The molecule has 0 aliphatic rings. The largest absolute Gasteiger partial charge is 0.496 e. The molecule has 0 unspecified atom stereocenters. The summed E-state index contributed by atoms with van der Waals surface area (Å²) in [5.41, 5.74) is 1.02. The summed E-state index contributed by atoms with van der Waals surface area (Å²) in [5.74, 6) is 0.943. The van der Waals surface area contributed by atoms with Crippen molar-refractivity contribution in [3.8, 4) is 17.2 Å². The van der Waals surface area contributed by atoms with Crippen molar-refractivity contribution in [2.24, 2.45) is 5.16 Å². The third-order valence-corrected chi connectivity index (χ3v) is 3.30. The smallest absolute Gasteiger partial charge is 0.342 e. The molecule has 0 saturated heterocycles. The Hall–Kier alpha value is -3.22. The van der Waals surface area contributed by atoms with Gasteiger partial charge in [0.2, 0.25) is 0 Å². The van der Waals surface area contributed by atoms with Gasteiger partial charge in [0.25, 0.3) is 0 Å². The Kier molecular flexibility index (Phi) is 6.65. The first kappa shape index (κ1) is 18.1. The molecule has 7 nitrogen and oxygen atoms in total. The fraction of sp³-hybridized carbons (Fsp3) is 0.222. The van der Waals surface area contributed by atoms with E-state index < -0.39 is 5.97 Å². The standard InChI is InChI=1S/C18H19NO6/c1-22-15-6-4-3-5-14(15)18(20)25-10-9-24-16-8-7-13(12-19-21)11-17(16)23-2/h3-8,11-12,21H,9-10H2,1-2H3/b19-12+. The zero-order chi connectivity index (χ0) is 18.1. The Morgan fingerprint density at radius 2 is 1.80 bits per heavy atom. The molecule has 25 heavy (non-hydrogen) atoms. The molecule has 0 radical (unpaired) electrons. The lowest BCUT2D eigenvalue weighted by Gasteiger charge is -2.12. The monoisotopic (exact) mass is 345 g/mol. The first-order chi connectivity index (χ1) is 12.2. The summed E-state index contributed by atoms with van der Waals surface area (Å²) >= 11 is 0. The van der Waals surface area contributed by atoms with Crippen molar-refractivity contribution in [1.29, 1.82) is 0 Å². The van der Waals surface area contributed by atoms with Gasteiger partial charge in [0.15, 0.2) is 11.5 Å². The van der Waals surface area contributed by atoms with Crippen molar-refractivity contribution in [2.75, 3.05) is 27.4 Å². The van der Waals surface area contributed by atoms with Gasteiger partial charge >= 0.3 is 5.97 Å². The Labute approximate surface area is 145 Å². The summed E-state index contributed by atoms with van der Waals surface area (Å²) in [6.07, 6.45) is 1.28. The summed E-state index contributed by atoms with van der Waals surface area (Å²) in [4.78, 5) is 12.1. The van der Waals surface area contributed by atoms with Gasteiger partial charge in [-0.25, -0.2) is 4.79 Å². The Morgan fingerprint density at radius 3 is 2.52 bits per heavy atom. The third-order valence-electron chi connectivity index (χ3n) is 3.30. The minimum Gasteiger partial charge on any atom is -0.496 e. The summed E-state index contributed by atoms with van der Waals surface area (Å²) in [6, 6.07) is 11.9. The SMILES string of the molecule is COc1cc(/C=N/O)ccc1OCCOC(=O)c1ccccc1OC.